The fraction of sp³-hybridized carbons (Fsp3) is 0.500. The van der Waals surface area contributed by atoms with Crippen LogP contribution in [-0.4, -0.2) is 30.0 Å². The van der Waals surface area contributed by atoms with Gasteiger partial charge >= 0.3 is 6.18 Å². The van der Waals surface area contributed by atoms with Crippen LogP contribution in [0.1, 0.15) is 29.3 Å². The monoisotopic (exact) mass is 367 g/mol. The maximum atomic E-state index is 13.2. The number of halogens is 3. The number of aromatic nitrogens is 1. The lowest BCUT2D eigenvalue weighted by Crippen LogP contribution is -2.35. The second-order valence-corrected chi connectivity index (χ2v) is 7.66. The van der Waals surface area contributed by atoms with Gasteiger partial charge in [0.05, 0.1) is 21.9 Å². The van der Waals surface area contributed by atoms with Crippen LogP contribution in [0.2, 0.25) is 0 Å². The zero-order chi connectivity index (χ0) is 18.3. The van der Waals surface area contributed by atoms with Gasteiger partial charge in [-0.25, -0.2) is 8.42 Å². The summed E-state index contributed by atoms with van der Waals surface area (Å²) in [5.41, 5.74) is 1.85. The van der Waals surface area contributed by atoms with Crippen molar-refractivity contribution in [3.8, 4) is 0 Å². The van der Waals surface area contributed by atoms with Crippen LogP contribution in [0.25, 0.3) is 0 Å². The highest BCUT2D eigenvalue weighted by Gasteiger charge is 2.44. The summed E-state index contributed by atoms with van der Waals surface area (Å²) in [5, 5.41) is 8.96. The second kappa shape index (κ2) is 6.00. The Kier molecular flexibility index (Phi) is 4.52. The zero-order valence-corrected chi connectivity index (χ0v) is 12.8. The van der Waals surface area contributed by atoms with Crippen LogP contribution in [0.5, 0.6) is 0 Å². The van der Waals surface area contributed by atoms with Crippen molar-refractivity contribution in [2.75, 3.05) is 5.75 Å². The number of primary amides is 1. The van der Waals surface area contributed by atoms with Gasteiger partial charge in [0.15, 0.2) is 9.84 Å². The smallest absolute Gasteiger partial charge is 0.369 e. The Morgan fingerprint density at radius 3 is 2.54 bits per heavy atom. The van der Waals surface area contributed by atoms with Gasteiger partial charge in [-0.05, 0) is 12.8 Å². The Labute approximate surface area is 133 Å². The number of nitrogens with zero attached hydrogens (tertiary/aromatic N) is 2. The highest BCUT2D eigenvalue weighted by atomic mass is 32.2. The molecular weight excluding hydrogens is 355 g/mol. The first-order valence-electron chi connectivity index (χ1n) is 6.66. The van der Waals surface area contributed by atoms with E-state index in [0.29, 0.717) is 6.20 Å². The van der Waals surface area contributed by atoms with Gasteiger partial charge in [0, 0.05) is 12.0 Å². The molecule has 1 aliphatic rings. The number of nitro groups is 1. The summed E-state index contributed by atoms with van der Waals surface area (Å²) in [4.78, 5) is 24.2. The Morgan fingerprint density at radius 2 is 2.04 bits per heavy atom. The molecule has 0 saturated carbocycles. The van der Waals surface area contributed by atoms with Crippen molar-refractivity contribution < 1.29 is 31.3 Å². The Bertz CT molecular complexity index is 794. The average Bonchev–Trinajstić information content (AvgIpc) is 2.45. The van der Waals surface area contributed by atoms with Crippen LogP contribution in [-0.2, 0) is 20.8 Å². The number of nitrogens with two attached hydrogens (primary N) is 1. The number of carbonyl (C=O) groups excluding carboxylic acids is 1. The van der Waals surface area contributed by atoms with E-state index >= 15 is 0 Å². The van der Waals surface area contributed by atoms with Crippen molar-refractivity contribution in [3.63, 3.8) is 0 Å². The predicted octanol–water partition coefficient (Wildman–Crippen LogP) is 1.36. The number of sulfone groups is 1. The molecule has 2 N–H and O–H groups in total. The van der Waals surface area contributed by atoms with Crippen LogP contribution in [0.15, 0.2) is 12.3 Å². The third-order valence-electron chi connectivity index (χ3n) is 3.81. The molecular formula is C12H12F3N3O5S. The topological polar surface area (TPSA) is 133 Å². The molecule has 0 aromatic carbocycles. The average molecular weight is 367 g/mol. The number of hydrogen-bond acceptors (Lipinski definition) is 6. The normalized spacial score (nSPS) is 23.6. The summed E-state index contributed by atoms with van der Waals surface area (Å²) < 4.78 is 63.9. The number of rotatable bonds is 3. The quantitative estimate of drug-likeness (QED) is 0.633. The minimum atomic E-state index is -5.04. The molecule has 1 aliphatic heterocycles. The standard InChI is InChI=1S/C12H12F3N3O5S/c13-12(14,15)8-4-7(18(20)21)5-17-10(8)9-3-6(11(16)19)1-2-24(9,22)23/h4-6,9H,1-3H2,(H2,16,19). The summed E-state index contributed by atoms with van der Waals surface area (Å²) in [6.45, 7) is 0. The first kappa shape index (κ1) is 18.1. The van der Waals surface area contributed by atoms with E-state index in [4.69, 9.17) is 5.73 Å². The molecule has 2 atom stereocenters. The highest BCUT2D eigenvalue weighted by molar-refractivity contribution is 7.91. The number of hydrogen-bond donors (Lipinski definition) is 1. The predicted molar refractivity (Wildman–Crippen MR) is 74.3 cm³/mol. The highest BCUT2D eigenvalue weighted by Crippen LogP contribution is 2.42. The minimum Gasteiger partial charge on any atom is -0.369 e. The van der Waals surface area contributed by atoms with Crippen molar-refractivity contribution >= 4 is 21.4 Å². The Hall–Kier alpha value is -2.24. The summed E-state index contributed by atoms with van der Waals surface area (Å²) in [6.07, 6.45) is -4.99. The van der Waals surface area contributed by atoms with Crippen LogP contribution in [0.3, 0.4) is 0 Å². The van der Waals surface area contributed by atoms with Crippen molar-refractivity contribution in [2.45, 2.75) is 24.3 Å². The van der Waals surface area contributed by atoms with Gasteiger partial charge in [0.2, 0.25) is 5.91 Å². The molecule has 8 nitrogen and oxygen atoms in total. The van der Waals surface area contributed by atoms with E-state index in [-0.39, 0.29) is 12.5 Å². The zero-order valence-electron chi connectivity index (χ0n) is 12.0. The Morgan fingerprint density at radius 1 is 1.42 bits per heavy atom. The summed E-state index contributed by atoms with van der Waals surface area (Å²) in [5.74, 6) is -2.23. The van der Waals surface area contributed by atoms with Gasteiger partial charge in [-0.2, -0.15) is 13.2 Å². The number of alkyl halides is 3. The molecule has 132 valence electrons. The van der Waals surface area contributed by atoms with Crippen LogP contribution < -0.4 is 5.73 Å². The number of carbonyl (C=O) groups is 1. The fourth-order valence-corrected chi connectivity index (χ4v) is 4.51. The van der Waals surface area contributed by atoms with Crippen molar-refractivity contribution in [1.29, 1.82) is 0 Å². The molecule has 0 aliphatic carbocycles. The third-order valence-corrected chi connectivity index (χ3v) is 5.90. The van der Waals surface area contributed by atoms with E-state index in [1.54, 1.807) is 0 Å². The van der Waals surface area contributed by atoms with Crippen molar-refractivity contribution in [2.24, 2.45) is 11.7 Å². The molecule has 12 heteroatoms. The first-order chi connectivity index (χ1) is 10.9. The molecule has 1 aromatic heterocycles. The summed E-state index contributed by atoms with van der Waals surface area (Å²) in [6, 6.07) is 0.242. The molecule has 2 rings (SSSR count). The van der Waals surface area contributed by atoms with Gasteiger partial charge in [0.1, 0.15) is 11.4 Å². The summed E-state index contributed by atoms with van der Waals surface area (Å²) in [7, 11) is -4.00. The lowest BCUT2D eigenvalue weighted by Gasteiger charge is -2.28. The van der Waals surface area contributed by atoms with E-state index in [0.717, 1.165) is 0 Å². The number of amides is 1. The largest absolute Gasteiger partial charge is 0.418 e. The van der Waals surface area contributed by atoms with Gasteiger partial charge < -0.3 is 5.73 Å². The molecule has 0 spiro atoms. The molecule has 2 unspecified atom stereocenters. The van der Waals surface area contributed by atoms with Crippen molar-refractivity contribution in [1.82, 2.24) is 4.98 Å². The van der Waals surface area contributed by atoms with E-state index in [2.05, 4.69) is 4.98 Å². The third kappa shape index (κ3) is 3.47. The molecule has 1 amide bonds. The first-order valence-corrected chi connectivity index (χ1v) is 8.37. The number of pyridine rings is 1. The minimum absolute atomic E-state index is 0.0809. The molecule has 1 saturated heterocycles. The molecule has 1 fully saturated rings. The van der Waals surface area contributed by atoms with E-state index < -0.39 is 67.1 Å². The fourth-order valence-electron chi connectivity index (χ4n) is 2.56. The van der Waals surface area contributed by atoms with Gasteiger partial charge in [0.25, 0.3) is 5.69 Å². The van der Waals surface area contributed by atoms with Gasteiger partial charge in [-0.3, -0.25) is 19.9 Å². The SMILES string of the molecule is NC(=O)C1CCS(=O)(=O)C(c2ncc([N+](=O)[O-])cc2C(F)(F)F)C1. The van der Waals surface area contributed by atoms with E-state index in [9.17, 15) is 36.5 Å². The molecule has 24 heavy (non-hydrogen) atoms. The van der Waals surface area contributed by atoms with E-state index in [1.807, 2.05) is 0 Å². The maximum absolute atomic E-state index is 13.2. The van der Waals surface area contributed by atoms with Crippen LogP contribution in [0.4, 0.5) is 18.9 Å². The molecule has 2 heterocycles. The van der Waals surface area contributed by atoms with Crippen LogP contribution >= 0.6 is 0 Å². The van der Waals surface area contributed by atoms with Crippen molar-refractivity contribution in [3.05, 3.63) is 33.6 Å². The van der Waals surface area contributed by atoms with Crippen LogP contribution in [0, 0.1) is 16.0 Å². The lowest BCUT2D eigenvalue weighted by molar-refractivity contribution is -0.385. The second-order valence-electron chi connectivity index (χ2n) is 5.36. The summed E-state index contributed by atoms with van der Waals surface area (Å²) >= 11 is 0. The van der Waals surface area contributed by atoms with E-state index in [1.165, 1.54) is 0 Å². The molecule has 1 aromatic rings. The molecule has 0 radical (unpaired) electrons. The molecule has 0 bridgehead atoms. The lowest BCUT2D eigenvalue weighted by atomic mass is 9.95. The Balaban J connectivity index is 2.60. The maximum Gasteiger partial charge on any atom is 0.418 e. The van der Waals surface area contributed by atoms with Gasteiger partial charge in [-0.1, -0.05) is 0 Å². The van der Waals surface area contributed by atoms with Gasteiger partial charge in [-0.15, -0.1) is 0 Å².